The highest BCUT2D eigenvalue weighted by molar-refractivity contribution is 5.98. The predicted octanol–water partition coefficient (Wildman–Crippen LogP) is 6.85. The number of halogens is 7. The number of carbonyl (C=O) groups excluding carboxylic acids is 2. The zero-order chi connectivity index (χ0) is 42.9. The molecule has 60 heavy (non-hydrogen) atoms. The number of nitrogens with zero attached hydrogens (tertiary/aromatic N) is 6. The number of aromatic nitrogens is 5. The Morgan fingerprint density at radius 3 is 2.42 bits per heavy atom. The second kappa shape index (κ2) is 15.1. The molecule has 1 saturated carbocycles. The molecule has 4 heterocycles. The summed E-state index contributed by atoms with van der Waals surface area (Å²) in [5.41, 5.74) is -1.93. The predicted molar refractivity (Wildman–Crippen MR) is 203 cm³/mol. The van der Waals surface area contributed by atoms with Crippen molar-refractivity contribution in [2.24, 2.45) is 13.0 Å². The van der Waals surface area contributed by atoms with Crippen molar-refractivity contribution in [3.8, 4) is 23.0 Å². The highest BCUT2D eigenvalue weighted by Gasteiger charge is 2.68. The van der Waals surface area contributed by atoms with Gasteiger partial charge in [0.1, 0.15) is 35.2 Å². The first kappa shape index (κ1) is 41.1. The molecule has 314 valence electrons. The molecule has 0 spiro atoms. The molecule has 8 rings (SSSR count). The summed E-state index contributed by atoms with van der Waals surface area (Å²) in [5.74, 6) is -4.27. The molecule has 3 aromatic heterocycles. The van der Waals surface area contributed by atoms with Crippen molar-refractivity contribution in [2.45, 2.75) is 75.6 Å². The number of fused-ring (bicyclic) bond motifs is 4. The first-order chi connectivity index (χ1) is 28.3. The van der Waals surface area contributed by atoms with E-state index < -0.39 is 82.8 Å². The van der Waals surface area contributed by atoms with Crippen molar-refractivity contribution in [3.63, 3.8) is 0 Å². The Labute approximate surface area is 339 Å². The lowest BCUT2D eigenvalue weighted by Gasteiger charge is -2.26. The Bertz CT molecular complexity index is 2570. The van der Waals surface area contributed by atoms with Crippen molar-refractivity contribution in [1.29, 1.82) is 0 Å². The Hall–Kier alpha value is -5.60. The lowest BCUT2D eigenvalue weighted by molar-refractivity contribution is -0.142. The normalized spacial score (nSPS) is 18.8. The van der Waals surface area contributed by atoms with E-state index in [1.165, 1.54) is 13.8 Å². The van der Waals surface area contributed by atoms with Crippen molar-refractivity contribution < 1.29 is 50.2 Å². The summed E-state index contributed by atoms with van der Waals surface area (Å²) < 4.78 is 110. The molecule has 0 radical (unpaired) electrons. The Balaban J connectivity index is 1.23. The summed E-state index contributed by atoms with van der Waals surface area (Å²) >= 11 is 0. The molecule has 0 bridgehead atoms. The Morgan fingerprint density at radius 1 is 1.02 bits per heavy atom. The van der Waals surface area contributed by atoms with Crippen LogP contribution in [0, 0.1) is 29.4 Å². The average Bonchev–Trinajstić information content (AvgIpc) is 3.72. The number of carbonyl (C=O) groups is 2. The lowest BCUT2D eigenvalue weighted by atomic mass is 9.86. The van der Waals surface area contributed by atoms with Gasteiger partial charge in [-0.3, -0.25) is 19.0 Å². The standard InChI is InChI=1S/C43H39F7N6O4/c1-41(2,59)10-9-27-7-8-29(30-5-4-6-31-34(52-54(3)38(30)31)21-35(58)55-11-13-60-14-12-55)37(51-27)24(15-23-16-25(44)19-26(45)17-23)18-28(57)22-56-40-36(39(53-56)43(48,49)50)32-20-33(32)42(40,46)47/h4-8,16-17,19,24,32-33,59H,11-15,18,20-22H2,1-3H3/t24-,32+,33-/m1/s1. The van der Waals surface area contributed by atoms with E-state index >= 15 is 8.78 Å². The number of amides is 1. The van der Waals surface area contributed by atoms with E-state index in [9.17, 15) is 36.6 Å². The van der Waals surface area contributed by atoms with Crippen LogP contribution in [-0.2, 0) is 52.9 Å². The number of pyridine rings is 1. The minimum Gasteiger partial charge on any atom is -0.378 e. The van der Waals surface area contributed by atoms with Gasteiger partial charge in [-0.15, -0.1) is 0 Å². The number of ketones is 1. The van der Waals surface area contributed by atoms with Gasteiger partial charge < -0.3 is 14.7 Å². The number of morpholine rings is 1. The molecule has 10 nitrogen and oxygen atoms in total. The van der Waals surface area contributed by atoms with E-state index in [0.29, 0.717) is 64.8 Å². The third-order valence-electron chi connectivity index (χ3n) is 11.1. The molecule has 0 unspecified atom stereocenters. The number of hydrogen-bond acceptors (Lipinski definition) is 7. The number of rotatable bonds is 10. The van der Waals surface area contributed by atoms with E-state index in [-0.39, 0.29) is 42.1 Å². The van der Waals surface area contributed by atoms with E-state index in [4.69, 9.17) is 9.72 Å². The maximum atomic E-state index is 15.5. The van der Waals surface area contributed by atoms with Gasteiger partial charge in [0, 0.05) is 66.5 Å². The molecule has 2 fully saturated rings. The summed E-state index contributed by atoms with van der Waals surface area (Å²) in [6.45, 7) is 3.71. The zero-order valence-electron chi connectivity index (χ0n) is 32.7. The van der Waals surface area contributed by atoms with E-state index in [1.807, 2.05) is 0 Å². The fourth-order valence-electron chi connectivity index (χ4n) is 8.50. The smallest absolute Gasteiger partial charge is 0.378 e. The lowest BCUT2D eigenvalue weighted by Crippen LogP contribution is -2.41. The number of aryl methyl sites for hydroxylation is 1. The quantitative estimate of drug-likeness (QED) is 0.121. The van der Waals surface area contributed by atoms with E-state index in [1.54, 1.807) is 47.0 Å². The zero-order valence-corrected chi connectivity index (χ0v) is 32.7. The van der Waals surface area contributed by atoms with Crippen LogP contribution >= 0.6 is 0 Å². The second-order valence-corrected chi connectivity index (χ2v) is 16.1. The van der Waals surface area contributed by atoms with Crippen LogP contribution in [0.5, 0.6) is 0 Å². The Morgan fingerprint density at radius 2 is 1.73 bits per heavy atom. The first-order valence-corrected chi connectivity index (χ1v) is 19.4. The number of ether oxygens (including phenoxy) is 1. The van der Waals surface area contributed by atoms with Crippen LogP contribution in [0.1, 0.15) is 78.1 Å². The van der Waals surface area contributed by atoms with Crippen LogP contribution in [0.15, 0.2) is 48.5 Å². The molecule has 3 aliphatic rings. The molecule has 1 aliphatic heterocycles. The third kappa shape index (κ3) is 8.02. The second-order valence-electron chi connectivity index (χ2n) is 16.1. The number of Topliss-reactive ketones (excluding diaryl/α,β-unsaturated/α-hetero) is 1. The van der Waals surface area contributed by atoms with Crippen LogP contribution in [0.25, 0.3) is 22.0 Å². The maximum Gasteiger partial charge on any atom is 0.435 e. The SMILES string of the molecule is Cn1nc(CC(=O)N2CCOCC2)c2cccc(-c3ccc(C#CC(C)(C)O)nc3[C@@H](CC(=O)Cn3nc(C(F)(F)F)c4c3C(F)(F)[C@@H]3C[C@H]43)Cc3cc(F)cc(F)c3)c21. The summed E-state index contributed by atoms with van der Waals surface area (Å²) in [6.07, 6.45) is -5.93. The monoisotopic (exact) mass is 836 g/mol. The summed E-state index contributed by atoms with van der Waals surface area (Å²) in [7, 11) is 1.69. The molecule has 2 aliphatic carbocycles. The molecule has 17 heteroatoms. The minimum absolute atomic E-state index is 0.00659. The fraction of sp³-hybridized carbons (Fsp3) is 0.419. The molecular weight excluding hydrogens is 797 g/mol. The highest BCUT2D eigenvalue weighted by atomic mass is 19.4. The topological polar surface area (TPSA) is 115 Å². The molecule has 1 amide bonds. The molecular formula is C43H39F7N6O4. The highest BCUT2D eigenvalue weighted by Crippen LogP contribution is 2.68. The first-order valence-electron chi connectivity index (χ1n) is 19.4. The van der Waals surface area contributed by atoms with Crippen LogP contribution < -0.4 is 0 Å². The summed E-state index contributed by atoms with van der Waals surface area (Å²) in [6, 6.07) is 11.4. The van der Waals surface area contributed by atoms with Gasteiger partial charge in [0.2, 0.25) is 5.91 Å². The van der Waals surface area contributed by atoms with Gasteiger partial charge in [-0.2, -0.15) is 32.1 Å². The molecule has 1 N–H and O–H groups in total. The van der Waals surface area contributed by atoms with Gasteiger partial charge in [-0.1, -0.05) is 24.1 Å². The summed E-state index contributed by atoms with van der Waals surface area (Å²) in [5, 5.41) is 19.2. The van der Waals surface area contributed by atoms with Crippen LogP contribution in [0.2, 0.25) is 0 Å². The summed E-state index contributed by atoms with van der Waals surface area (Å²) in [4.78, 5) is 33.9. The number of hydrogen-bond donors (Lipinski definition) is 1. The van der Waals surface area contributed by atoms with E-state index in [2.05, 4.69) is 22.0 Å². The van der Waals surface area contributed by atoms with E-state index in [0.717, 1.165) is 12.1 Å². The van der Waals surface area contributed by atoms with Crippen molar-refractivity contribution >= 4 is 22.6 Å². The van der Waals surface area contributed by atoms with Gasteiger partial charge >= 0.3 is 6.18 Å². The Kier molecular flexibility index (Phi) is 10.4. The maximum absolute atomic E-state index is 15.5. The van der Waals surface area contributed by atoms with Gasteiger partial charge in [-0.05, 0) is 68.4 Å². The fourth-order valence-corrected chi connectivity index (χ4v) is 8.50. The van der Waals surface area contributed by atoms with Gasteiger partial charge in [0.25, 0.3) is 5.92 Å². The number of para-hydroxylation sites is 1. The largest absolute Gasteiger partial charge is 0.435 e. The van der Waals surface area contributed by atoms with Gasteiger partial charge in [0.05, 0.1) is 36.5 Å². The molecule has 5 aromatic rings. The number of aliphatic hydroxyl groups is 1. The molecule has 3 atom stereocenters. The third-order valence-corrected chi connectivity index (χ3v) is 11.1. The molecule has 2 aromatic carbocycles. The van der Waals surface area contributed by atoms with Crippen LogP contribution in [-0.4, -0.2) is 78.1 Å². The number of alkyl halides is 5. The van der Waals surface area contributed by atoms with Crippen LogP contribution in [0.4, 0.5) is 30.7 Å². The average molecular weight is 837 g/mol. The van der Waals surface area contributed by atoms with Crippen molar-refractivity contribution in [2.75, 3.05) is 26.3 Å². The van der Waals surface area contributed by atoms with Crippen molar-refractivity contribution in [1.82, 2.24) is 29.4 Å². The minimum atomic E-state index is -5.04. The van der Waals surface area contributed by atoms with Crippen molar-refractivity contribution in [3.05, 3.63) is 99.8 Å². The van der Waals surface area contributed by atoms with Gasteiger partial charge in [-0.25, -0.2) is 13.8 Å². The number of benzene rings is 2. The molecule has 1 saturated heterocycles. The van der Waals surface area contributed by atoms with Gasteiger partial charge in [0.15, 0.2) is 11.5 Å². The van der Waals surface area contributed by atoms with Crippen LogP contribution in [0.3, 0.4) is 0 Å².